The summed E-state index contributed by atoms with van der Waals surface area (Å²) >= 11 is 0. The van der Waals surface area contributed by atoms with Gasteiger partial charge in [0.15, 0.2) is 0 Å². The van der Waals surface area contributed by atoms with Crippen LogP contribution in [0.4, 0.5) is 0 Å². The molecule has 3 aliphatic rings. The highest BCUT2D eigenvalue weighted by Crippen LogP contribution is 2.63. The first-order valence-electron chi connectivity index (χ1n) is 19.0. The van der Waals surface area contributed by atoms with Gasteiger partial charge in [-0.1, -0.05) is 146 Å². The van der Waals surface area contributed by atoms with Crippen LogP contribution in [0.3, 0.4) is 0 Å². The number of pyridine rings is 1. The van der Waals surface area contributed by atoms with Crippen molar-refractivity contribution in [1.82, 2.24) is 4.98 Å². The number of benzene rings is 7. The maximum atomic E-state index is 5.07. The molecule has 1 aromatic heterocycles. The number of aliphatic imine (C=N–C) groups is 1. The minimum Gasteiger partial charge on any atom is -0.284 e. The van der Waals surface area contributed by atoms with Crippen molar-refractivity contribution in [2.75, 3.05) is 6.54 Å². The number of rotatable bonds is 3. The van der Waals surface area contributed by atoms with Gasteiger partial charge in [0.05, 0.1) is 16.6 Å². The topological polar surface area (TPSA) is 25.2 Å². The first kappa shape index (κ1) is 30.9. The molecule has 0 radical (unpaired) electrons. The fourth-order valence-corrected chi connectivity index (χ4v) is 9.81. The molecule has 2 nitrogen and oxygen atoms in total. The number of hydrogen-bond acceptors (Lipinski definition) is 2. The monoisotopic (exact) mass is 688 g/mol. The van der Waals surface area contributed by atoms with Gasteiger partial charge < -0.3 is 0 Å². The van der Waals surface area contributed by atoms with Crippen molar-refractivity contribution in [3.63, 3.8) is 0 Å². The Kier molecular flexibility index (Phi) is 6.69. The third kappa shape index (κ3) is 4.11. The zero-order valence-corrected chi connectivity index (χ0v) is 30.3. The molecular weight excluding hydrogens is 653 g/mol. The third-order valence-corrected chi connectivity index (χ3v) is 12.0. The molecule has 0 fully saturated rings. The molecule has 1 spiro atoms. The van der Waals surface area contributed by atoms with Gasteiger partial charge in [-0.25, -0.2) is 0 Å². The Labute approximate surface area is 315 Å². The van der Waals surface area contributed by atoms with Crippen molar-refractivity contribution in [2.45, 2.75) is 19.3 Å². The predicted octanol–water partition coefficient (Wildman–Crippen LogP) is 12.8. The second kappa shape index (κ2) is 11.7. The molecule has 54 heavy (non-hydrogen) atoms. The van der Waals surface area contributed by atoms with Gasteiger partial charge in [0, 0.05) is 29.1 Å². The zero-order chi connectivity index (χ0) is 36.0. The van der Waals surface area contributed by atoms with Crippen molar-refractivity contribution >= 4 is 33.5 Å². The van der Waals surface area contributed by atoms with Crippen molar-refractivity contribution in [1.29, 1.82) is 0 Å². The predicted molar refractivity (Wildman–Crippen MR) is 226 cm³/mol. The van der Waals surface area contributed by atoms with Gasteiger partial charge in [-0.2, -0.15) is 0 Å². The Morgan fingerprint density at radius 2 is 1.17 bits per heavy atom. The molecule has 0 bridgehead atoms. The largest absolute Gasteiger partial charge is 0.284 e. The summed E-state index contributed by atoms with van der Waals surface area (Å²) in [7, 11) is 0. The standard InChI is InChI=1S/C52H36N2/c1-3-32-21-22-33-12-9-17-38(48(33)50(32)53-4-2)36-25-27-42-43-28-26-37(39-18-10-13-34-23-24-35-14-11-29-54-51(35)49(34)39)31-47(43)52(46(42)30-36)44-19-7-5-15-40(44)41-16-6-8-20-45(41)52/h3,5-31H,4H2,1-2H3/b32-3-,53-50?. The van der Waals surface area contributed by atoms with Crippen LogP contribution in [0.25, 0.3) is 72.3 Å². The van der Waals surface area contributed by atoms with Crippen LogP contribution in [0.2, 0.25) is 0 Å². The van der Waals surface area contributed by atoms with E-state index < -0.39 is 5.41 Å². The van der Waals surface area contributed by atoms with Gasteiger partial charge in [-0.05, 0) is 115 Å². The summed E-state index contributed by atoms with van der Waals surface area (Å²) in [5, 5.41) is 3.55. The van der Waals surface area contributed by atoms with Crippen LogP contribution >= 0.6 is 0 Å². The molecule has 0 atom stereocenters. The summed E-state index contributed by atoms with van der Waals surface area (Å²) in [6.45, 7) is 4.96. The van der Waals surface area contributed by atoms with Crippen LogP contribution in [0, 0.1) is 0 Å². The Hall–Kier alpha value is -6.64. The van der Waals surface area contributed by atoms with E-state index in [-0.39, 0.29) is 0 Å². The van der Waals surface area contributed by atoms with E-state index in [2.05, 4.69) is 172 Å². The summed E-state index contributed by atoms with van der Waals surface area (Å²) < 4.78 is 0. The van der Waals surface area contributed by atoms with E-state index in [1.807, 2.05) is 12.3 Å². The van der Waals surface area contributed by atoms with Crippen LogP contribution < -0.4 is 0 Å². The van der Waals surface area contributed by atoms with E-state index >= 15 is 0 Å². The number of fused-ring (bicyclic) bond motifs is 14. The molecule has 0 aliphatic heterocycles. The minimum absolute atomic E-state index is 0.488. The van der Waals surface area contributed by atoms with E-state index in [1.54, 1.807) is 0 Å². The van der Waals surface area contributed by atoms with Gasteiger partial charge in [0.1, 0.15) is 0 Å². The molecule has 11 rings (SSSR count). The highest BCUT2D eigenvalue weighted by atomic mass is 14.7. The average molecular weight is 689 g/mol. The van der Waals surface area contributed by atoms with E-state index in [0.717, 1.165) is 23.2 Å². The number of hydrogen-bond donors (Lipinski definition) is 0. The van der Waals surface area contributed by atoms with Crippen LogP contribution in [0.5, 0.6) is 0 Å². The molecule has 0 saturated carbocycles. The second-order valence-corrected chi connectivity index (χ2v) is 14.6. The van der Waals surface area contributed by atoms with Gasteiger partial charge in [0.25, 0.3) is 0 Å². The molecule has 0 N–H and O–H groups in total. The van der Waals surface area contributed by atoms with Crippen LogP contribution in [-0.4, -0.2) is 17.2 Å². The molecule has 0 saturated heterocycles. The highest BCUT2D eigenvalue weighted by molar-refractivity contribution is 6.21. The highest BCUT2D eigenvalue weighted by Gasteiger charge is 2.51. The fourth-order valence-electron chi connectivity index (χ4n) is 9.81. The lowest BCUT2D eigenvalue weighted by Crippen LogP contribution is -2.26. The summed E-state index contributed by atoms with van der Waals surface area (Å²) in [4.78, 5) is 9.98. The Balaban J connectivity index is 1.21. The number of aromatic nitrogens is 1. The third-order valence-electron chi connectivity index (χ3n) is 12.0. The van der Waals surface area contributed by atoms with Gasteiger partial charge in [-0.3, -0.25) is 9.98 Å². The smallest absolute Gasteiger partial charge is 0.0786 e. The van der Waals surface area contributed by atoms with E-state index in [1.165, 1.54) is 94.2 Å². The quantitative estimate of drug-likeness (QED) is 0.170. The Morgan fingerprint density at radius 1 is 0.556 bits per heavy atom. The maximum Gasteiger partial charge on any atom is 0.0786 e. The van der Waals surface area contributed by atoms with Gasteiger partial charge >= 0.3 is 0 Å². The maximum absolute atomic E-state index is 5.07. The van der Waals surface area contributed by atoms with Crippen LogP contribution in [-0.2, 0) is 5.41 Å². The van der Waals surface area contributed by atoms with Gasteiger partial charge in [0.2, 0.25) is 0 Å². The van der Waals surface area contributed by atoms with E-state index in [9.17, 15) is 0 Å². The van der Waals surface area contributed by atoms with Crippen molar-refractivity contribution in [2.24, 2.45) is 4.99 Å². The zero-order valence-electron chi connectivity index (χ0n) is 30.3. The molecule has 0 amide bonds. The lowest BCUT2D eigenvalue weighted by atomic mass is 9.69. The SMILES string of the molecule is C/C=C1/C=Cc2cccc(-c3ccc4c(c3)C3(c5ccccc5-c5ccccc53)c3cc(-c5cccc6ccc7cccnc7c56)ccc3-4)c2C1=NCC. The second-order valence-electron chi connectivity index (χ2n) is 14.6. The van der Waals surface area contributed by atoms with Crippen LogP contribution in [0.1, 0.15) is 47.2 Å². The molecule has 2 heteroatoms. The van der Waals surface area contributed by atoms with E-state index in [4.69, 9.17) is 9.98 Å². The summed E-state index contributed by atoms with van der Waals surface area (Å²) in [6.07, 6.45) is 8.53. The van der Waals surface area contributed by atoms with Crippen molar-refractivity contribution in [3.05, 3.63) is 203 Å². The molecular formula is C52H36N2. The summed E-state index contributed by atoms with van der Waals surface area (Å²) in [6, 6.07) is 54.5. The Morgan fingerprint density at radius 3 is 1.89 bits per heavy atom. The molecule has 1 heterocycles. The first-order valence-corrected chi connectivity index (χ1v) is 19.0. The number of nitrogens with zero attached hydrogens (tertiary/aromatic N) is 2. The van der Waals surface area contributed by atoms with Gasteiger partial charge in [-0.15, -0.1) is 0 Å². The minimum atomic E-state index is -0.488. The van der Waals surface area contributed by atoms with E-state index in [0.29, 0.717) is 0 Å². The molecule has 3 aliphatic carbocycles. The molecule has 8 aromatic rings. The molecule has 254 valence electrons. The summed E-state index contributed by atoms with van der Waals surface area (Å²) in [5.41, 5.74) is 20.6. The molecule has 0 unspecified atom stereocenters. The lowest BCUT2D eigenvalue weighted by Gasteiger charge is -2.31. The number of allylic oxidation sites excluding steroid dienone is 3. The van der Waals surface area contributed by atoms with Crippen molar-refractivity contribution in [3.8, 4) is 44.5 Å². The normalized spacial score (nSPS) is 15.8. The van der Waals surface area contributed by atoms with Crippen molar-refractivity contribution < 1.29 is 0 Å². The molecule has 7 aromatic carbocycles. The first-order chi connectivity index (χ1) is 26.7. The summed E-state index contributed by atoms with van der Waals surface area (Å²) in [5.74, 6) is 0. The average Bonchev–Trinajstić information content (AvgIpc) is 3.70. The van der Waals surface area contributed by atoms with Crippen LogP contribution in [0.15, 0.2) is 175 Å². The lowest BCUT2D eigenvalue weighted by molar-refractivity contribution is 0.794. The Bertz CT molecular complexity index is 2950. The fraction of sp³-hybridized carbons (Fsp3) is 0.0769.